The lowest BCUT2D eigenvalue weighted by atomic mass is 9.87. The molecule has 3 atom stereocenters. The molecule has 0 aromatic carbocycles. The number of hydrogen-bond acceptors (Lipinski definition) is 2. The van der Waals surface area contributed by atoms with Crippen molar-refractivity contribution in [2.45, 2.75) is 33.7 Å². The van der Waals surface area contributed by atoms with Crippen LogP contribution in [0.15, 0.2) is 24.3 Å². The van der Waals surface area contributed by atoms with Gasteiger partial charge >= 0.3 is 0 Å². The minimum Gasteiger partial charge on any atom is -0.366 e. The van der Waals surface area contributed by atoms with Crippen molar-refractivity contribution in [3.05, 3.63) is 24.3 Å². The molecule has 0 bridgehead atoms. The molecule has 2 unspecified atom stereocenters. The first kappa shape index (κ1) is 14.9. The van der Waals surface area contributed by atoms with Gasteiger partial charge in [0.2, 0.25) is 5.91 Å². The number of carbonyl (C=O) groups excluding carboxylic acids is 1. The van der Waals surface area contributed by atoms with Gasteiger partial charge in [0, 0.05) is 6.04 Å². The van der Waals surface area contributed by atoms with Gasteiger partial charge in [-0.1, -0.05) is 32.1 Å². The van der Waals surface area contributed by atoms with Crippen molar-refractivity contribution in [3.63, 3.8) is 0 Å². The van der Waals surface area contributed by atoms with Crippen LogP contribution in [0.4, 0.5) is 0 Å². The second-order valence-electron chi connectivity index (χ2n) is 4.07. The van der Waals surface area contributed by atoms with Crippen LogP contribution in [0.2, 0.25) is 0 Å². The van der Waals surface area contributed by atoms with Crippen LogP contribution in [-0.4, -0.2) is 18.5 Å². The minimum absolute atomic E-state index is 0.290. The number of carbonyl (C=O) groups is 1. The van der Waals surface area contributed by atoms with E-state index in [1.807, 2.05) is 19.1 Å². The summed E-state index contributed by atoms with van der Waals surface area (Å²) in [5.41, 5.74) is 5.09. The monoisotopic (exact) mass is 224 g/mol. The summed E-state index contributed by atoms with van der Waals surface area (Å²) in [6, 6.07) is 0.383. The summed E-state index contributed by atoms with van der Waals surface area (Å²) in [5.74, 6) is 0.278. The molecule has 92 valence electrons. The highest BCUT2D eigenvalue weighted by atomic mass is 16.1. The van der Waals surface area contributed by atoms with Crippen LogP contribution in [-0.2, 0) is 4.79 Å². The molecule has 3 heteroatoms. The molecule has 0 spiro atoms. The topological polar surface area (TPSA) is 55.1 Å². The van der Waals surface area contributed by atoms with Crippen molar-refractivity contribution in [2.75, 3.05) is 6.54 Å². The zero-order chi connectivity index (χ0) is 12.6. The van der Waals surface area contributed by atoms with Gasteiger partial charge in [0.25, 0.3) is 0 Å². The summed E-state index contributed by atoms with van der Waals surface area (Å²) < 4.78 is 0. The Morgan fingerprint density at radius 1 is 1.38 bits per heavy atom. The zero-order valence-electron chi connectivity index (χ0n) is 10.7. The van der Waals surface area contributed by atoms with Gasteiger partial charge in [-0.2, -0.15) is 0 Å². The summed E-state index contributed by atoms with van der Waals surface area (Å²) in [6.07, 6.45) is 7.54. The van der Waals surface area contributed by atoms with Gasteiger partial charge in [0.15, 0.2) is 0 Å². The molecule has 0 rings (SSSR count). The van der Waals surface area contributed by atoms with Gasteiger partial charge in [-0.25, -0.2) is 0 Å². The van der Waals surface area contributed by atoms with Gasteiger partial charge in [-0.3, -0.25) is 4.79 Å². The molecule has 0 fully saturated rings. The Balaban J connectivity index is 4.57. The Morgan fingerprint density at radius 2 is 2.00 bits per heavy atom. The van der Waals surface area contributed by atoms with E-state index < -0.39 is 0 Å². The van der Waals surface area contributed by atoms with Gasteiger partial charge in [0.1, 0.15) is 0 Å². The average Bonchev–Trinajstić information content (AvgIpc) is 2.22. The largest absolute Gasteiger partial charge is 0.366 e. The lowest BCUT2D eigenvalue weighted by Crippen LogP contribution is -2.35. The fourth-order valence-electron chi connectivity index (χ4n) is 1.85. The number of amides is 1. The normalized spacial score (nSPS) is 17.8. The van der Waals surface area contributed by atoms with Crippen LogP contribution in [0, 0.1) is 11.8 Å². The van der Waals surface area contributed by atoms with Crippen molar-refractivity contribution >= 4 is 5.91 Å². The van der Waals surface area contributed by atoms with Crippen molar-refractivity contribution in [1.29, 1.82) is 0 Å². The molecular formula is C13H24N2O. The smallest absolute Gasteiger partial charge is 0.241 e. The summed E-state index contributed by atoms with van der Waals surface area (Å²) in [7, 11) is 0. The Hall–Kier alpha value is -1.09. The molecule has 0 saturated heterocycles. The maximum Gasteiger partial charge on any atom is 0.241 e. The number of hydrogen-bond donors (Lipinski definition) is 2. The van der Waals surface area contributed by atoms with Gasteiger partial charge < -0.3 is 11.1 Å². The van der Waals surface area contributed by atoms with E-state index in [-0.39, 0.29) is 11.8 Å². The quantitative estimate of drug-likeness (QED) is 0.512. The SMILES string of the molecule is C/C=C\[C@H](C(C)/C=C/C(N)=O)C(C)NCC. The lowest BCUT2D eigenvalue weighted by Gasteiger charge is -2.25. The third-order valence-electron chi connectivity index (χ3n) is 2.69. The Kier molecular flexibility index (Phi) is 7.56. The maximum absolute atomic E-state index is 10.7. The van der Waals surface area contributed by atoms with Crippen molar-refractivity contribution in [3.8, 4) is 0 Å². The highest BCUT2D eigenvalue weighted by Crippen LogP contribution is 2.19. The fraction of sp³-hybridized carbons (Fsp3) is 0.615. The summed E-state index contributed by atoms with van der Waals surface area (Å²) in [5, 5.41) is 3.40. The van der Waals surface area contributed by atoms with E-state index in [2.05, 4.69) is 32.2 Å². The number of allylic oxidation sites excluding steroid dienone is 2. The van der Waals surface area contributed by atoms with Crippen LogP contribution in [0.25, 0.3) is 0 Å². The van der Waals surface area contributed by atoms with Gasteiger partial charge in [-0.05, 0) is 38.3 Å². The molecule has 1 amide bonds. The maximum atomic E-state index is 10.7. The molecule has 0 aliphatic rings. The molecule has 3 N–H and O–H groups in total. The molecule has 0 saturated carbocycles. The molecule has 0 aromatic rings. The van der Waals surface area contributed by atoms with Gasteiger partial charge in [-0.15, -0.1) is 0 Å². The third kappa shape index (κ3) is 5.71. The van der Waals surface area contributed by atoms with Crippen LogP contribution in [0.5, 0.6) is 0 Å². The molecule has 0 aromatic heterocycles. The van der Waals surface area contributed by atoms with E-state index in [1.54, 1.807) is 0 Å². The molecule has 16 heavy (non-hydrogen) atoms. The third-order valence-corrected chi connectivity index (χ3v) is 2.69. The van der Waals surface area contributed by atoms with Crippen LogP contribution < -0.4 is 11.1 Å². The van der Waals surface area contributed by atoms with E-state index >= 15 is 0 Å². The van der Waals surface area contributed by atoms with E-state index in [4.69, 9.17) is 5.73 Å². The van der Waals surface area contributed by atoms with Crippen LogP contribution >= 0.6 is 0 Å². The minimum atomic E-state index is -0.387. The van der Waals surface area contributed by atoms with E-state index in [1.165, 1.54) is 6.08 Å². The molecule has 0 radical (unpaired) electrons. The molecule has 3 nitrogen and oxygen atoms in total. The number of rotatable bonds is 7. The molecule has 0 heterocycles. The first-order valence-corrected chi connectivity index (χ1v) is 5.86. The van der Waals surface area contributed by atoms with E-state index in [9.17, 15) is 4.79 Å². The first-order valence-electron chi connectivity index (χ1n) is 5.86. The predicted octanol–water partition coefficient (Wildman–Crippen LogP) is 1.85. The standard InChI is InChI=1S/C13H24N2O/c1-5-7-12(11(4)15-6-2)10(3)8-9-13(14)16/h5,7-12,15H,6H2,1-4H3,(H2,14,16)/b7-5-,9-8+/t10?,11?,12-/m1/s1. The van der Waals surface area contributed by atoms with E-state index in [0.29, 0.717) is 12.0 Å². The van der Waals surface area contributed by atoms with E-state index in [0.717, 1.165) is 6.54 Å². The number of primary amides is 1. The first-order chi connectivity index (χ1) is 7.52. The summed E-state index contributed by atoms with van der Waals surface area (Å²) in [4.78, 5) is 10.7. The van der Waals surface area contributed by atoms with Gasteiger partial charge in [0.05, 0.1) is 0 Å². The van der Waals surface area contributed by atoms with Crippen molar-refractivity contribution in [2.24, 2.45) is 17.6 Å². The number of nitrogens with two attached hydrogens (primary N) is 1. The highest BCUT2D eigenvalue weighted by Gasteiger charge is 2.18. The molecule has 0 aliphatic heterocycles. The molecular weight excluding hydrogens is 200 g/mol. The zero-order valence-corrected chi connectivity index (χ0v) is 10.7. The lowest BCUT2D eigenvalue weighted by molar-refractivity contribution is -0.113. The average molecular weight is 224 g/mol. The molecule has 0 aliphatic carbocycles. The second-order valence-corrected chi connectivity index (χ2v) is 4.07. The Bertz CT molecular complexity index is 259. The highest BCUT2D eigenvalue weighted by molar-refractivity contribution is 5.85. The van der Waals surface area contributed by atoms with Crippen molar-refractivity contribution in [1.82, 2.24) is 5.32 Å². The second kappa shape index (κ2) is 8.11. The number of nitrogens with one attached hydrogen (secondary N) is 1. The Morgan fingerprint density at radius 3 is 2.44 bits per heavy atom. The summed E-state index contributed by atoms with van der Waals surface area (Å²) >= 11 is 0. The predicted molar refractivity (Wildman–Crippen MR) is 68.9 cm³/mol. The fourth-order valence-corrected chi connectivity index (χ4v) is 1.85. The summed E-state index contributed by atoms with van der Waals surface area (Å²) in [6.45, 7) is 9.30. The van der Waals surface area contributed by atoms with Crippen LogP contribution in [0.3, 0.4) is 0 Å². The Labute approximate surface area is 98.8 Å². The van der Waals surface area contributed by atoms with Crippen molar-refractivity contribution < 1.29 is 4.79 Å². The van der Waals surface area contributed by atoms with Crippen LogP contribution in [0.1, 0.15) is 27.7 Å².